The maximum Gasteiger partial charge on any atom is 0.269 e. The lowest BCUT2D eigenvalue weighted by molar-refractivity contribution is -0.384. The van der Waals surface area contributed by atoms with Crippen molar-refractivity contribution in [3.63, 3.8) is 0 Å². The molecule has 0 saturated heterocycles. The molecule has 3 rings (SSSR count). The van der Waals surface area contributed by atoms with E-state index in [1.807, 2.05) is 31.3 Å². The number of thioether (sulfide) groups is 1. The summed E-state index contributed by atoms with van der Waals surface area (Å²) in [7, 11) is 0. The highest BCUT2D eigenvalue weighted by atomic mass is 32.2. The normalized spacial score (nSPS) is 15.4. The molecule has 0 fully saturated rings. The first-order chi connectivity index (χ1) is 12.6. The third-order valence-electron chi connectivity index (χ3n) is 4.03. The average molecular weight is 363 g/mol. The van der Waals surface area contributed by atoms with Gasteiger partial charge in [-0.1, -0.05) is 42.1 Å². The molecule has 0 spiro atoms. The molecule has 0 N–H and O–H groups in total. The van der Waals surface area contributed by atoms with Crippen LogP contribution in [0.3, 0.4) is 0 Å². The van der Waals surface area contributed by atoms with E-state index in [-0.39, 0.29) is 5.69 Å². The minimum atomic E-state index is -0.439. The number of nitro groups is 1. The Bertz CT molecular complexity index is 912. The van der Waals surface area contributed by atoms with Gasteiger partial charge in [-0.25, -0.2) is 0 Å². The minimum Gasteiger partial charge on any atom is -0.340 e. The summed E-state index contributed by atoms with van der Waals surface area (Å²) in [6.07, 6.45) is 2.92. The Hall–Kier alpha value is -3.04. The molecule has 130 valence electrons. The third kappa shape index (κ3) is 3.95. The van der Waals surface area contributed by atoms with Crippen molar-refractivity contribution in [2.24, 2.45) is 0 Å². The van der Waals surface area contributed by atoms with Crippen LogP contribution in [0.25, 0.3) is 5.57 Å². The van der Waals surface area contributed by atoms with Gasteiger partial charge in [0.15, 0.2) is 0 Å². The van der Waals surface area contributed by atoms with Crippen molar-refractivity contribution in [2.75, 3.05) is 6.54 Å². The van der Waals surface area contributed by atoms with E-state index in [1.165, 1.54) is 17.7 Å². The van der Waals surface area contributed by atoms with Crippen LogP contribution in [0.5, 0.6) is 0 Å². The highest BCUT2D eigenvalue weighted by Gasteiger charge is 2.22. The first kappa shape index (κ1) is 17.8. The quantitative estimate of drug-likeness (QED) is 0.427. The molecule has 1 aliphatic heterocycles. The van der Waals surface area contributed by atoms with Crippen molar-refractivity contribution >= 4 is 23.0 Å². The molecule has 0 saturated carbocycles. The van der Waals surface area contributed by atoms with Gasteiger partial charge in [-0.05, 0) is 36.6 Å². The van der Waals surface area contributed by atoms with Gasteiger partial charge in [0, 0.05) is 29.8 Å². The SMILES string of the molecule is CC1=CN(CCc2ccccc2)/C(=C(/C#N)c2ccc([N+](=O)[O-])cc2)S1. The molecule has 0 aliphatic carbocycles. The van der Waals surface area contributed by atoms with Crippen LogP contribution in [0.1, 0.15) is 18.1 Å². The number of non-ortho nitro benzene ring substituents is 1. The largest absolute Gasteiger partial charge is 0.340 e. The van der Waals surface area contributed by atoms with Crippen molar-refractivity contribution in [3.8, 4) is 6.07 Å². The number of rotatable bonds is 5. The topological polar surface area (TPSA) is 70.2 Å². The molecule has 2 aromatic rings. The second-order valence-electron chi connectivity index (χ2n) is 5.87. The van der Waals surface area contributed by atoms with Crippen molar-refractivity contribution in [2.45, 2.75) is 13.3 Å². The lowest BCUT2D eigenvalue weighted by Crippen LogP contribution is -2.16. The second-order valence-corrected chi connectivity index (χ2v) is 7.10. The monoisotopic (exact) mass is 363 g/mol. The van der Waals surface area contributed by atoms with Crippen molar-refractivity contribution in [3.05, 3.63) is 92.0 Å². The maximum atomic E-state index is 10.8. The van der Waals surface area contributed by atoms with Gasteiger partial charge in [-0.15, -0.1) is 0 Å². The Balaban J connectivity index is 1.87. The van der Waals surface area contributed by atoms with E-state index in [2.05, 4.69) is 23.1 Å². The van der Waals surface area contributed by atoms with E-state index < -0.39 is 4.92 Å². The van der Waals surface area contributed by atoms with Crippen LogP contribution in [0.2, 0.25) is 0 Å². The number of hydrogen-bond acceptors (Lipinski definition) is 5. The zero-order chi connectivity index (χ0) is 18.5. The number of nitro benzene ring substituents is 1. The van der Waals surface area contributed by atoms with E-state index in [0.29, 0.717) is 11.1 Å². The van der Waals surface area contributed by atoms with Crippen molar-refractivity contribution < 1.29 is 4.92 Å². The molecule has 2 aromatic carbocycles. The number of benzene rings is 2. The summed E-state index contributed by atoms with van der Waals surface area (Å²) in [5.41, 5.74) is 2.48. The average Bonchev–Trinajstić information content (AvgIpc) is 3.02. The van der Waals surface area contributed by atoms with Gasteiger partial charge in [0.05, 0.1) is 15.5 Å². The minimum absolute atomic E-state index is 0.0188. The number of allylic oxidation sites excluding steroid dienone is 2. The Labute approximate surface area is 156 Å². The molecule has 26 heavy (non-hydrogen) atoms. The second kappa shape index (κ2) is 7.89. The van der Waals surface area contributed by atoms with E-state index in [0.717, 1.165) is 22.9 Å². The van der Waals surface area contributed by atoms with Crippen molar-refractivity contribution in [1.82, 2.24) is 4.90 Å². The number of nitriles is 1. The van der Waals surface area contributed by atoms with Gasteiger partial charge in [0.1, 0.15) is 6.07 Å². The summed E-state index contributed by atoms with van der Waals surface area (Å²) in [6.45, 7) is 2.78. The summed E-state index contributed by atoms with van der Waals surface area (Å²) in [6, 6.07) is 18.6. The Morgan fingerprint density at radius 2 is 1.88 bits per heavy atom. The van der Waals surface area contributed by atoms with E-state index >= 15 is 0 Å². The molecule has 0 radical (unpaired) electrons. The molecule has 1 heterocycles. The Kier molecular flexibility index (Phi) is 5.40. The predicted octanol–water partition coefficient (Wildman–Crippen LogP) is 4.94. The van der Waals surface area contributed by atoms with Gasteiger partial charge < -0.3 is 4.90 Å². The molecule has 0 aromatic heterocycles. The fourth-order valence-corrected chi connectivity index (χ4v) is 3.77. The molecular formula is C20H17N3O2S. The molecule has 0 unspecified atom stereocenters. The summed E-state index contributed by atoms with van der Waals surface area (Å²) in [5.74, 6) is 0. The molecule has 0 atom stereocenters. The van der Waals surface area contributed by atoms with Crippen LogP contribution in [-0.4, -0.2) is 16.4 Å². The maximum absolute atomic E-state index is 10.8. The van der Waals surface area contributed by atoms with Crippen LogP contribution < -0.4 is 0 Å². The summed E-state index contributed by atoms with van der Waals surface area (Å²) in [5, 5.41) is 21.4. The van der Waals surface area contributed by atoms with Gasteiger partial charge in [0.2, 0.25) is 0 Å². The highest BCUT2D eigenvalue weighted by molar-refractivity contribution is 8.07. The lowest BCUT2D eigenvalue weighted by Gasteiger charge is -2.19. The zero-order valence-electron chi connectivity index (χ0n) is 14.3. The molecule has 0 bridgehead atoms. The highest BCUT2D eigenvalue weighted by Crippen LogP contribution is 2.40. The van der Waals surface area contributed by atoms with Gasteiger partial charge in [-0.2, -0.15) is 5.26 Å². The standard InChI is InChI=1S/C20H17N3O2S/c1-15-14-22(12-11-16-5-3-2-4-6-16)20(26-15)19(13-21)17-7-9-18(10-8-17)23(24)25/h2-10,14H,11-12H2,1H3/b20-19+. The van der Waals surface area contributed by atoms with Crippen LogP contribution in [0.4, 0.5) is 5.69 Å². The Morgan fingerprint density at radius 3 is 2.50 bits per heavy atom. The molecular weight excluding hydrogens is 346 g/mol. The predicted molar refractivity (Wildman–Crippen MR) is 104 cm³/mol. The lowest BCUT2D eigenvalue weighted by atomic mass is 10.1. The van der Waals surface area contributed by atoms with Crippen LogP contribution in [0.15, 0.2) is 70.7 Å². The number of nitrogens with zero attached hydrogens (tertiary/aromatic N) is 3. The fourth-order valence-electron chi connectivity index (χ4n) is 2.76. The molecule has 5 nitrogen and oxygen atoms in total. The third-order valence-corrected chi connectivity index (χ3v) is 5.09. The van der Waals surface area contributed by atoms with Crippen molar-refractivity contribution in [1.29, 1.82) is 5.26 Å². The molecule has 1 aliphatic rings. The summed E-state index contributed by atoms with van der Waals surface area (Å²) >= 11 is 1.56. The smallest absolute Gasteiger partial charge is 0.269 e. The Morgan fingerprint density at radius 1 is 1.19 bits per heavy atom. The summed E-state index contributed by atoms with van der Waals surface area (Å²) in [4.78, 5) is 13.6. The summed E-state index contributed by atoms with van der Waals surface area (Å²) < 4.78 is 0. The van der Waals surface area contributed by atoms with Gasteiger partial charge in [-0.3, -0.25) is 10.1 Å². The zero-order valence-corrected chi connectivity index (χ0v) is 15.1. The van der Waals surface area contributed by atoms with E-state index in [1.54, 1.807) is 23.9 Å². The van der Waals surface area contributed by atoms with E-state index in [4.69, 9.17) is 0 Å². The van der Waals surface area contributed by atoms with E-state index in [9.17, 15) is 15.4 Å². The van der Waals surface area contributed by atoms with Gasteiger partial charge >= 0.3 is 0 Å². The number of hydrogen-bond donors (Lipinski definition) is 0. The molecule has 0 amide bonds. The fraction of sp³-hybridized carbons (Fsp3) is 0.150. The first-order valence-electron chi connectivity index (χ1n) is 8.14. The van der Waals surface area contributed by atoms with Crippen LogP contribution in [-0.2, 0) is 6.42 Å². The first-order valence-corrected chi connectivity index (χ1v) is 8.96. The van der Waals surface area contributed by atoms with Crippen LogP contribution >= 0.6 is 11.8 Å². The van der Waals surface area contributed by atoms with Crippen LogP contribution in [0, 0.1) is 21.4 Å². The van der Waals surface area contributed by atoms with Gasteiger partial charge in [0.25, 0.3) is 5.69 Å². The molecule has 6 heteroatoms.